The molecule has 0 aliphatic heterocycles. The van der Waals surface area contributed by atoms with Crippen molar-refractivity contribution in [2.24, 2.45) is 0 Å². The average Bonchev–Trinajstić information content (AvgIpc) is 2.35. The Hall–Kier alpha value is -2.24. The monoisotopic (exact) mass is 264 g/mol. The second-order valence-electron chi connectivity index (χ2n) is 4.24. The number of amides is 2. The summed E-state index contributed by atoms with van der Waals surface area (Å²) in [6.45, 7) is 2.91. The smallest absolute Gasteiger partial charge is 0.251 e. The Kier molecular flexibility index (Phi) is 5.66. The van der Waals surface area contributed by atoms with Crippen LogP contribution in [0.15, 0.2) is 18.2 Å². The van der Waals surface area contributed by atoms with Crippen molar-refractivity contribution in [2.75, 3.05) is 24.6 Å². The Labute approximate surface area is 112 Å². The van der Waals surface area contributed by atoms with Crippen molar-refractivity contribution in [3.05, 3.63) is 23.8 Å². The average molecular weight is 264 g/mol. The first-order valence-corrected chi connectivity index (χ1v) is 6.24. The number of benzene rings is 1. The van der Waals surface area contributed by atoms with Gasteiger partial charge in [0.25, 0.3) is 5.91 Å². The molecule has 6 heteroatoms. The van der Waals surface area contributed by atoms with Gasteiger partial charge in [-0.2, -0.15) is 0 Å². The minimum Gasteiger partial charge on any atom is -0.399 e. The Morgan fingerprint density at radius 2 is 1.68 bits per heavy atom. The molecular formula is C13H20N4O2. The lowest BCUT2D eigenvalue weighted by Crippen LogP contribution is -2.31. The van der Waals surface area contributed by atoms with Gasteiger partial charge >= 0.3 is 0 Å². The number of nitrogens with one attached hydrogen (secondary N) is 2. The number of hydrogen-bond donors (Lipinski definition) is 4. The van der Waals surface area contributed by atoms with Crippen LogP contribution in [0.25, 0.3) is 0 Å². The summed E-state index contributed by atoms with van der Waals surface area (Å²) in [5.74, 6) is -0.364. The van der Waals surface area contributed by atoms with Crippen LogP contribution in [0, 0.1) is 0 Å². The van der Waals surface area contributed by atoms with Gasteiger partial charge in [0.1, 0.15) is 0 Å². The van der Waals surface area contributed by atoms with Gasteiger partial charge in [-0.05, 0) is 24.6 Å². The third kappa shape index (κ3) is 5.29. The van der Waals surface area contributed by atoms with Crippen molar-refractivity contribution in [3.8, 4) is 0 Å². The van der Waals surface area contributed by atoms with E-state index in [2.05, 4.69) is 10.6 Å². The number of nitrogen functional groups attached to an aromatic ring is 2. The molecule has 0 atom stereocenters. The SMILES string of the molecule is CCCNC(=O)CCNC(=O)c1cc(N)cc(N)c1. The molecule has 2 amide bonds. The third-order valence-corrected chi connectivity index (χ3v) is 2.45. The summed E-state index contributed by atoms with van der Waals surface area (Å²) in [7, 11) is 0. The van der Waals surface area contributed by atoms with Gasteiger partial charge in [-0.15, -0.1) is 0 Å². The first-order valence-electron chi connectivity index (χ1n) is 6.24. The number of nitrogens with two attached hydrogens (primary N) is 2. The zero-order valence-electron chi connectivity index (χ0n) is 11.0. The lowest BCUT2D eigenvalue weighted by Gasteiger charge is -2.07. The number of carbonyl (C=O) groups is 2. The first-order chi connectivity index (χ1) is 9.02. The molecule has 0 aliphatic carbocycles. The molecule has 6 N–H and O–H groups in total. The lowest BCUT2D eigenvalue weighted by atomic mass is 10.1. The van der Waals surface area contributed by atoms with Crippen molar-refractivity contribution < 1.29 is 9.59 Å². The molecular weight excluding hydrogens is 244 g/mol. The van der Waals surface area contributed by atoms with Crippen LogP contribution in [0.3, 0.4) is 0 Å². The summed E-state index contributed by atoms with van der Waals surface area (Å²) in [5, 5.41) is 5.38. The maximum Gasteiger partial charge on any atom is 0.251 e. The quantitative estimate of drug-likeness (QED) is 0.561. The number of rotatable bonds is 6. The van der Waals surface area contributed by atoms with Gasteiger partial charge in [0.2, 0.25) is 5.91 Å². The molecule has 0 aromatic heterocycles. The molecule has 1 rings (SSSR count). The second-order valence-corrected chi connectivity index (χ2v) is 4.24. The number of carbonyl (C=O) groups excluding carboxylic acids is 2. The molecule has 0 saturated carbocycles. The van der Waals surface area contributed by atoms with Gasteiger partial charge in [0, 0.05) is 36.4 Å². The van der Waals surface area contributed by atoms with Crippen molar-refractivity contribution in [3.63, 3.8) is 0 Å². The summed E-state index contributed by atoms with van der Waals surface area (Å²) in [6.07, 6.45) is 1.14. The largest absolute Gasteiger partial charge is 0.399 e. The van der Waals surface area contributed by atoms with Gasteiger partial charge in [0.15, 0.2) is 0 Å². The lowest BCUT2D eigenvalue weighted by molar-refractivity contribution is -0.120. The molecule has 1 aromatic rings. The highest BCUT2D eigenvalue weighted by molar-refractivity contribution is 5.96. The fourth-order valence-electron chi connectivity index (χ4n) is 1.55. The molecule has 0 fully saturated rings. The van der Waals surface area contributed by atoms with E-state index in [-0.39, 0.29) is 24.8 Å². The van der Waals surface area contributed by atoms with Crippen LogP contribution in [0.5, 0.6) is 0 Å². The van der Waals surface area contributed by atoms with Gasteiger partial charge in [-0.1, -0.05) is 6.92 Å². The topological polar surface area (TPSA) is 110 Å². The van der Waals surface area contributed by atoms with E-state index in [4.69, 9.17) is 11.5 Å². The van der Waals surface area contributed by atoms with E-state index in [1.807, 2.05) is 6.92 Å². The van der Waals surface area contributed by atoms with E-state index in [1.165, 1.54) is 0 Å². The fourth-order valence-corrected chi connectivity index (χ4v) is 1.55. The van der Waals surface area contributed by atoms with Crippen molar-refractivity contribution >= 4 is 23.2 Å². The van der Waals surface area contributed by atoms with Gasteiger partial charge < -0.3 is 22.1 Å². The van der Waals surface area contributed by atoms with E-state index in [9.17, 15) is 9.59 Å². The molecule has 19 heavy (non-hydrogen) atoms. The predicted molar refractivity (Wildman–Crippen MR) is 75.5 cm³/mol. The molecule has 0 saturated heterocycles. The number of anilines is 2. The minimum atomic E-state index is -0.290. The second kappa shape index (κ2) is 7.25. The first kappa shape index (κ1) is 14.8. The standard InChI is InChI=1S/C13H20N4O2/c1-2-4-16-12(18)3-5-17-13(19)9-6-10(14)8-11(15)7-9/h6-8H,2-5,14-15H2,1H3,(H,16,18)(H,17,19). The Balaban J connectivity index is 2.41. The zero-order valence-corrected chi connectivity index (χ0v) is 11.0. The van der Waals surface area contributed by atoms with Crippen molar-refractivity contribution in [1.82, 2.24) is 10.6 Å². The normalized spacial score (nSPS) is 9.95. The van der Waals surface area contributed by atoms with E-state index < -0.39 is 0 Å². The summed E-state index contributed by atoms with van der Waals surface area (Å²) in [4.78, 5) is 23.1. The van der Waals surface area contributed by atoms with Crippen LogP contribution in [0.1, 0.15) is 30.1 Å². The summed E-state index contributed by atoms with van der Waals surface area (Å²) < 4.78 is 0. The highest BCUT2D eigenvalue weighted by Gasteiger charge is 2.07. The highest BCUT2D eigenvalue weighted by atomic mass is 16.2. The fraction of sp³-hybridized carbons (Fsp3) is 0.385. The Morgan fingerprint density at radius 1 is 1.05 bits per heavy atom. The predicted octanol–water partition coefficient (Wildman–Crippen LogP) is 0.497. The molecule has 1 aromatic carbocycles. The van der Waals surface area contributed by atoms with Crippen molar-refractivity contribution in [1.29, 1.82) is 0 Å². The van der Waals surface area contributed by atoms with E-state index in [0.717, 1.165) is 6.42 Å². The molecule has 104 valence electrons. The van der Waals surface area contributed by atoms with Gasteiger partial charge in [-0.3, -0.25) is 9.59 Å². The zero-order chi connectivity index (χ0) is 14.3. The van der Waals surface area contributed by atoms with Crippen LogP contribution in [-0.4, -0.2) is 24.9 Å². The molecule has 0 heterocycles. The van der Waals surface area contributed by atoms with E-state index >= 15 is 0 Å². The minimum absolute atomic E-state index is 0.0748. The van der Waals surface area contributed by atoms with Crippen LogP contribution in [-0.2, 0) is 4.79 Å². The summed E-state index contributed by atoms with van der Waals surface area (Å²) in [5.41, 5.74) is 12.5. The molecule has 6 nitrogen and oxygen atoms in total. The Morgan fingerprint density at radius 3 is 2.26 bits per heavy atom. The van der Waals surface area contributed by atoms with Crippen LogP contribution < -0.4 is 22.1 Å². The summed E-state index contributed by atoms with van der Waals surface area (Å²) >= 11 is 0. The van der Waals surface area contributed by atoms with E-state index in [0.29, 0.717) is 23.5 Å². The molecule has 0 radical (unpaired) electrons. The molecule has 0 aliphatic rings. The van der Waals surface area contributed by atoms with Gasteiger partial charge in [-0.25, -0.2) is 0 Å². The van der Waals surface area contributed by atoms with Crippen LogP contribution in [0.4, 0.5) is 11.4 Å². The third-order valence-electron chi connectivity index (χ3n) is 2.45. The van der Waals surface area contributed by atoms with Gasteiger partial charge in [0.05, 0.1) is 0 Å². The van der Waals surface area contributed by atoms with Crippen molar-refractivity contribution in [2.45, 2.75) is 19.8 Å². The molecule has 0 bridgehead atoms. The maximum atomic E-state index is 11.8. The Bertz CT molecular complexity index is 440. The summed E-state index contributed by atoms with van der Waals surface area (Å²) in [6, 6.07) is 4.67. The highest BCUT2D eigenvalue weighted by Crippen LogP contribution is 2.13. The van der Waals surface area contributed by atoms with Crippen LogP contribution in [0.2, 0.25) is 0 Å². The molecule has 0 unspecified atom stereocenters. The molecule has 0 spiro atoms. The van der Waals surface area contributed by atoms with E-state index in [1.54, 1.807) is 18.2 Å². The van der Waals surface area contributed by atoms with Crippen LogP contribution >= 0.6 is 0 Å². The maximum absolute atomic E-state index is 11.8. The number of hydrogen-bond acceptors (Lipinski definition) is 4.